The summed E-state index contributed by atoms with van der Waals surface area (Å²) in [5.41, 5.74) is 1.90. The van der Waals surface area contributed by atoms with E-state index in [1.165, 1.54) is 22.2 Å². The quantitative estimate of drug-likeness (QED) is 0.510. The number of hydrogen-bond acceptors (Lipinski definition) is 6. The Bertz CT molecular complexity index is 1110. The Morgan fingerprint density at radius 2 is 2.04 bits per heavy atom. The minimum Gasteiger partial charge on any atom is -0.411 e. The van der Waals surface area contributed by atoms with E-state index in [-0.39, 0.29) is 5.56 Å². The lowest BCUT2D eigenvalue weighted by Gasteiger charge is -2.02. The van der Waals surface area contributed by atoms with Gasteiger partial charge in [-0.1, -0.05) is 35.5 Å². The van der Waals surface area contributed by atoms with Crippen LogP contribution in [0.4, 0.5) is 0 Å². The molecule has 0 aliphatic carbocycles. The van der Waals surface area contributed by atoms with Gasteiger partial charge in [-0.15, -0.1) is 10.2 Å². The summed E-state index contributed by atoms with van der Waals surface area (Å²) in [4.78, 5) is 16.5. The summed E-state index contributed by atoms with van der Waals surface area (Å²) in [5, 5.41) is 9.05. The maximum Gasteiger partial charge on any atom is 0.277 e. The van der Waals surface area contributed by atoms with Crippen molar-refractivity contribution < 1.29 is 4.42 Å². The van der Waals surface area contributed by atoms with Crippen LogP contribution in [-0.2, 0) is 5.75 Å². The van der Waals surface area contributed by atoms with Crippen molar-refractivity contribution in [3.8, 4) is 11.5 Å². The minimum absolute atomic E-state index is 0.119. The van der Waals surface area contributed by atoms with Crippen LogP contribution < -0.4 is 5.56 Å². The van der Waals surface area contributed by atoms with Crippen molar-refractivity contribution in [1.82, 2.24) is 19.6 Å². The van der Waals surface area contributed by atoms with Crippen LogP contribution >= 0.6 is 23.4 Å². The highest BCUT2D eigenvalue weighted by Crippen LogP contribution is 2.26. The van der Waals surface area contributed by atoms with Crippen LogP contribution in [0.1, 0.15) is 5.69 Å². The normalized spacial score (nSPS) is 11.1. The zero-order valence-corrected chi connectivity index (χ0v) is 14.4. The molecular formula is C17H11ClN4O2S. The largest absolute Gasteiger partial charge is 0.411 e. The molecule has 3 aromatic heterocycles. The van der Waals surface area contributed by atoms with Gasteiger partial charge < -0.3 is 4.42 Å². The summed E-state index contributed by atoms with van der Waals surface area (Å²) in [6.45, 7) is 0. The number of aromatic nitrogens is 4. The predicted octanol–water partition coefficient (Wildman–Crippen LogP) is 3.69. The van der Waals surface area contributed by atoms with E-state index in [1.807, 2.05) is 18.2 Å². The Morgan fingerprint density at radius 3 is 2.92 bits per heavy atom. The molecule has 0 N–H and O–H groups in total. The fraction of sp³-hybridized carbons (Fsp3) is 0.0588. The molecule has 0 amide bonds. The van der Waals surface area contributed by atoms with Gasteiger partial charge in [-0.25, -0.2) is 4.98 Å². The smallest absolute Gasteiger partial charge is 0.277 e. The van der Waals surface area contributed by atoms with E-state index < -0.39 is 0 Å². The first kappa shape index (κ1) is 15.9. The second-order valence-corrected chi connectivity index (χ2v) is 6.55. The number of fused-ring (bicyclic) bond motifs is 1. The Morgan fingerprint density at radius 1 is 1.12 bits per heavy atom. The van der Waals surface area contributed by atoms with Crippen molar-refractivity contribution in [1.29, 1.82) is 0 Å². The van der Waals surface area contributed by atoms with Crippen molar-refractivity contribution in [2.75, 3.05) is 0 Å². The van der Waals surface area contributed by atoms with E-state index in [2.05, 4.69) is 15.2 Å². The Labute approximate surface area is 151 Å². The van der Waals surface area contributed by atoms with Gasteiger partial charge in [-0.3, -0.25) is 9.20 Å². The third kappa shape index (κ3) is 3.42. The highest BCUT2D eigenvalue weighted by atomic mass is 35.5. The number of benzene rings is 1. The first-order valence-corrected chi connectivity index (χ1v) is 8.75. The van der Waals surface area contributed by atoms with Crippen LogP contribution in [0.2, 0.25) is 5.02 Å². The fourth-order valence-corrected chi connectivity index (χ4v) is 3.16. The molecule has 25 heavy (non-hydrogen) atoms. The van der Waals surface area contributed by atoms with E-state index in [1.54, 1.807) is 30.5 Å². The Kier molecular flexibility index (Phi) is 4.25. The monoisotopic (exact) mass is 370 g/mol. The molecular weight excluding hydrogens is 360 g/mol. The summed E-state index contributed by atoms with van der Waals surface area (Å²) >= 11 is 7.30. The van der Waals surface area contributed by atoms with Crippen LogP contribution in [0.15, 0.2) is 69.2 Å². The zero-order valence-electron chi connectivity index (χ0n) is 12.8. The molecule has 0 aliphatic heterocycles. The van der Waals surface area contributed by atoms with E-state index in [4.69, 9.17) is 16.0 Å². The summed E-state index contributed by atoms with van der Waals surface area (Å²) < 4.78 is 7.13. The summed E-state index contributed by atoms with van der Waals surface area (Å²) in [6.07, 6.45) is 1.69. The molecule has 0 unspecified atom stereocenters. The van der Waals surface area contributed by atoms with Gasteiger partial charge in [-0.05, 0) is 30.3 Å². The second-order valence-electron chi connectivity index (χ2n) is 5.19. The molecule has 3 heterocycles. The number of nitrogens with zero attached hydrogens (tertiary/aromatic N) is 4. The lowest BCUT2D eigenvalue weighted by atomic mass is 10.2. The first-order valence-electron chi connectivity index (χ1n) is 7.38. The molecule has 8 heteroatoms. The molecule has 0 radical (unpaired) electrons. The molecule has 0 spiro atoms. The summed E-state index contributed by atoms with van der Waals surface area (Å²) in [6, 6.07) is 14.1. The van der Waals surface area contributed by atoms with Crippen molar-refractivity contribution in [2.24, 2.45) is 0 Å². The van der Waals surface area contributed by atoms with Crippen LogP contribution in [0, 0.1) is 0 Å². The highest BCUT2D eigenvalue weighted by molar-refractivity contribution is 7.98. The maximum atomic E-state index is 12.1. The van der Waals surface area contributed by atoms with Gasteiger partial charge in [0.15, 0.2) is 0 Å². The van der Waals surface area contributed by atoms with Crippen molar-refractivity contribution >= 4 is 29.0 Å². The van der Waals surface area contributed by atoms with Gasteiger partial charge in [0.05, 0.1) is 5.69 Å². The lowest BCUT2D eigenvalue weighted by molar-refractivity contribution is 0.466. The third-order valence-corrected chi connectivity index (χ3v) is 4.53. The molecule has 1 aromatic carbocycles. The molecule has 0 atom stereocenters. The van der Waals surface area contributed by atoms with Crippen molar-refractivity contribution in [3.63, 3.8) is 0 Å². The van der Waals surface area contributed by atoms with Gasteiger partial charge in [0.1, 0.15) is 5.65 Å². The topological polar surface area (TPSA) is 73.3 Å². The first-order chi connectivity index (χ1) is 12.2. The molecule has 4 rings (SSSR count). The number of pyridine rings is 1. The van der Waals surface area contributed by atoms with Gasteiger partial charge in [-0.2, -0.15) is 0 Å². The average molecular weight is 371 g/mol. The van der Waals surface area contributed by atoms with Gasteiger partial charge >= 0.3 is 0 Å². The molecule has 0 saturated heterocycles. The van der Waals surface area contributed by atoms with Crippen LogP contribution in [-0.4, -0.2) is 19.6 Å². The molecule has 0 bridgehead atoms. The molecule has 6 nitrogen and oxygen atoms in total. The minimum atomic E-state index is -0.119. The third-order valence-electron chi connectivity index (χ3n) is 3.45. The zero-order chi connectivity index (χ0) is 17.2. The molecule has 0 fully saturated rings. The maximum absolute atomic E-state index is 12.1. The summed E-state index contributed by atoms with van der Waals surface area (Å²) in [5.74, 6) is 0.856. The van der Waals surface area contributed by atoms with Crippen LogP contribution in [0.25, 0.3) is 17.1 Å². The number of thioether (sulfide) groups is 1. The van der Waals surface area contributed by atoms with E-state index >= 15 is 0 Å². The average Bonchev–Trinajstić information content (AvgIpc) is 3.09. The number of halogens is 1. The number of rotatable bonds is 4. The van der Waals surface area contributed by atoms with E-state index in [0.29, 0.717) is 33.2 Å². The molecule has 4 aromatic rings. The van der Waals surface area contributed by atoms with Gasteiger partial charge in [0.25, 0.3) is 10.8 Å². The molecule has 0 saturated carbocycles. The standard InChI is InChI=1S/C17H11ClN4O2S/c18-12-5-3-4-11(8-12)16-20-21-17(24-16)25-10-13-9-15(23)22-7-2-1-6-14(22)19-13/h1-9H,10H2. The SMILES string of the molecule is O=c1cc(CSc2nnc(-c3cccc(Cl)c3)o2)nc2ccccn12. The Hall–Kier alpha value is -2.64. The van der Waals surface area contributed by atoms with Crippen molar-refractivity contribution in [2.45, 2.75) is 11.0 Å². The molecule has 0 aliphatic rings. The Balaban J connectivity index is 1.53. The second kappa shape index (κ2) is 6.70. The van der Waals surface area contributed by atoms with Gasteiger partial charge in [0.2, 0.25) is 5.89 Å². The predicted molar refractivity (Wildman–Crippen MR) is 95.8 cm³/mol. The van der Waals surface area contributed by atoms with E-state index in [9.17, 15) is 4.79 Å². The van der Waals surface area contributed by atoms with Crippen molar-refractivity contribution in [3.05, 3.63) is 75.8 Å². The van der Waals surface area contributed by atoms with Crippen LogP contribution in [0.5, 0.6) is 0 Å². The van der Waals surface area contributed by atoms with Crippen LogP contribution in [0.3, 0.4) is 0 Å². The lowest BCUT2D eigenvalue weighted by Crippen LogP contribution is -2.14. The summed E-state index contributed by atoms with van der Waals surface area (Å²) in [7, 11) is 0. The van der Waals surface area contributed by atoms with Gasteiger partial charge in [0, 0.05) is 28.6 Å². The molecule has 124 valence electrons. The number of hydrogen-bond donors (Lipinski definition) is 0. The van der Waals surface area contributed by atoms with E-state index in [0.717, 1.165) is 5.56 Å². The fourth-order valence-electron chi connectivity index (χ4n) is 2.32. The highest BCUT2D eigenvalue weighted by Gasteiger charge is 2.10.